The Balaban J connectivity index is 3.52. The summed E-state index contributed by atoms with van der Waals surface area (Å²) in [5.41, 5.74) is 5.66. The summed E-state index contributed by atoms with van der Waals surface area (Å²) in [5.74, 6) is 2.30. The van der Waals surface area contributed by atoms with Crippen LogP contribution in [-0.2, 0) is 0 Å². The molecule has 0 aliphatic rings. The molecule has 2 N–H and O–H groups in total. The lowest BCUT2D eigenvalue weighted by molar-refractivity contribution is 0.339. The fourth-order valence-corrected chi connectivity index (χ4v) is 1.27. The van der Waals surface area contributed by atoms with E-state index in [4.69, 9.17) is 5.73 Å². The summed E-state index contributed by atoms with van der Waals surface area (Å²) in [5, 5.41) is 0. The van der Waals surface area contributed by atoms with Gasteiger partial charge in [0, 0.05) is 0 Å². The summed E-state index contributed by atoms with van der Waals surface area (Å²) in [7, 11) is 0. The van der Waals surface area contributed by atoms with Crippen LogP contribution in [0.5, 0.6) is 0 Å². The van der Waals surface area contributed by atoms with E-state index in [1.54, 1.807) is 0 Å². The summed E-state index contributed by atoms with van der Waals surface area (Å²) in [6.07, 6.45) is 2.62. The molecule has 0 aromatic heterocycles. The van der Waals surface area contributed by atoms with E-state index in [0.29, 0.717) is 0 Å². The van der Waals surface area contributed by atoms with Crippen LogP contribution in [0, 0.1) is 17.8 Å². The third-order valence-corrected chi connectivity index (χ3v) is 2.36. The highest BCUT2D eigenvalue weighted by Crippen LogP contribution is 2.18. The van der Waals surface area contributed by atoms with Crippen molar-refractivity contribution in [2.75, 3.05) is 6.54 Å². The highest BCUT2D eigenvalue weighted by atomic mass is 14.5. The average molecular weight is 157 g/mol. The summed E-state index contributed by atoms with van der Waals surface area (Å²) in [6, 6.07) is 0. The van der Waals surface area contributed by atoms with E-state index in [2.05, 4.69) is 27.7 Å². The fourth-order valence-electron chi connectivity index (χ4n) is 1.27. The molecule has 68 valence electrons. The van der Waals surface area contributed by atoms with Crippen LogP contribution in [-0.4, -0.2) is 6.54 Å². The Morgan fingerprint density at radius 1 is 1.00 bits per heavy atom. The lowest BCUT2D eigenvalue weighted by Crippen LogP contribution is -2.20. The minimum atomic E-state index is 0.734. The van der Waals surface area contributed by atoms with Crippen LogP contribution in [0.2, 0.25) is 0 Å². The molecular weight excluding hydrogens is 134 g/mol. The highest BCUT2D eigenvalue weighted by Gasteiger charge is 2.11. The molecule has 0 bridgehead atoms. The van der Waals surface area contributed by atoms with Gasteiger partial charge in [-0.3, -0.25) is 0 Å². The molecular formula is C10H23N. The molecule has 0 fully saturated rings. The van der Waals surface area contributed by atoms with Crippen molar-refractivity contribution < 1.29 is 0 Å². The van der Waals surface area contributed by atoms with E-state index in [1.807, 2.05) is 0 Å². The van der Waals surface area contributed by atoms with Crippen LogP contribution < -0.4 is 5.73 Å². The molecule has 1 nitrogen and oxygen atoms in total. The first-order valence-corrected chi connectivity index (χ1v) is 4.78. The Kier molecular flexibility index (Phi) is 5.57. The lowest BCUT2D eigenvalue weighted by Gasteiger charge is -2.19. The van der Waals surface area contributed by atoms with E-state index in [9.17, 15) is 0 Å². The predicted octanol–water partition coefficient (Wildman–Crippen LogP) is 2.65. The zero-order valence-electron chi connectivity index (χ0n) is 8.43. The van der Waals surface area contributed by atoms with Gasteiger partial charge in [-0.05, 0) is 30.7 Å². The maximum Gasteiger partial charge on any atom is -0.00464 e. The number of rotatable bonds is 5. The monoisotopic (exact) mass is 157 g/mol. The third-order valence-electron chi connectivity index (χ3n) is 2.36. The maximum atomic E-state index is 5.66. The highest BCUT2D eigenvalue weighted by molar-refractivity contribution is 4.64. The van der Waals surface area contributed by atoms with E-state index in [0.717, 1.165) is 24.3 Å². The van der Waals surface area contributed by atoms with Crippen molar-refractivity contribution in [3.8, 4) is 0 Å². The van der Waals surface area contributed by atoms with Gasteiger partial charge in [0.15, 0.2) is 0 Å². The van der Waals surface area contributed by atoms with Crippen LogP contribution in [0.4, 0.5) is 0 Å². The quantitative estimate of drug-likeness (QED) is 0.652. The molecule has 1 atom stereocenters. The molecule has 0 radical (unpaired) electrons. The van der Waals surface area contributed by atoms with E-state index >= 15 is 0 Å². The molecule has 0 aromatic carbocycles. The molecule has 0 rings (SSSR count). The molecule has 0 saturated carbocycles. The number of hydrogen-bond acceptors (Lipinski definition) is 1. The number of nitrogens with two attached hydrogens (primary N) is 1. The van der Waals surface area contributed by atoms with Gasteiger partial charge in [-0.25, -0.2) is 0 Å². The van der Waals surface area contributed by atoms with Gasteiger partial charge in [-0.2, -0.15) is 0 Å². The van der Waals surface area contributed by atoms with E-state index < -0.39 is 0 Å². The molecule has 11 heavy (non-hydrogen) atoms. The molecule has 0 heterocycles. The lowest BCUT2D eigenvalue weighted by atomic mass is 9.89. The van der Waals surface area contributed by atoms with Crippen molar-refractivity contribution in [3.05, 3.63) is 0 Å². The second-order valence-electron chi connectivity index (χ2n) is 4.21. The second kappa shape index (κ2) is 5.59. The summed E-state index contributed by atoms with van der Waals surface area (Å²) >= 11 is 0. The van der Waals surface area contributed by atoms with Crippen molar-refractivity contribution in [2.45, 2.75) is 40.5 Å². The number of hydrogen-bond donors (Lipinski definition) is 1. The first-order valence-electron chi connectivity index (χ1n) is 4.78. The molecule has 0 aliphatic heterocycles. The van der Waals surface area contributed by atoms with E-state index in [-0.39, 0.29) is 0 Å². The van der Waals surface area contributed by atoms with Crippen LogP contribution in [0.25, 0.3) is 0 Å². The largest absolute Gasteiger partial charge is 0.330 e. The second-order valence-corrected chi connectivity index (χ2v) is 4.21. The Labute approximate surface area is 71.4 Å². The van der Waals surface area contributed by atoms with Crippen LogP contribution in [0.1, 0.15) is 40.5 Å². The molecule has 0 aromatic rings. The topological polar surface area (TPSA) is 26.0 Å². The molecule has 1 heteroatoms. The Morgan fingerprint density at radius 2 is 1.55 bits per heavy atom. The smallest absolute Gasteiger partial charge is 0.00464 e. The first-order chi connectivity index (χ1) is 5.07. The minimum Gasteiger partial charge on any atom is -0.330 e. The molecule has 0 spiro atoms. The normalized spacial score (nSPS) is 14.5. The van der Waals surface area contributed by atoms with Gasteiger partial charge in [0.1, 0.15) is 0 Å². The standard InChI is InChI=1S/C10H23N/c1-8(2)5-6-10(7-11)9(3)4/h8-10H,5-7,11H2,1-4H3. The van der Waals surface area contributed by atoms with Gasteiger partial charge >= 0.3 is 0 Å². The van der Waals surface area contributed by atoms with Gasteiger partial charge in [0.2, 0.25) is 0 Å². The van der Waals surface area contributed by atoms with Crippen molar-refractivity contribution in [1.82, 2.24) is 0 Å². The Morgan fingerprint density at radius 3 is 1.82 bits per heavy atom. The molecule has 1 unspecified atom stereocenters. The first kappa shape index (κ1) is 11.0. The zero-order valence-corrected chi connectivity index (χ0v) is 8.43. The van der Waals surface area contributed by atoms with Gasteiger partial charge < -0.3 is 5.73 Å². The third kappa shape index (κ3) is 5.25. The fraction of sp³-hybridized carbons (Fsp3) is 1.00. The van der Waals surface area contributed by atoms with Crippen molar-refractivity contribution >= 4 is 0 Å². The van der Waals surface area contributed by atoms with Gasteiger partial charge in [-0.1, -0.05) is 34.1 Å². The van der Waals surface area contributed by atoms with Crippen molar-refractivity contribution in [3.63, 3.8) is 0 Å². The maximum absolute atomic E-state index is 5.66. The molecule has 0 saturated heterocycles. The summed E-state index contributed by atoms with van der Waals surface area (Å²) < 4.78 is 0. The predicted molar refractivity (Wildman–Crippen MR) is 51.5 cm³/mol. The minimum absolute atomic E-state index is 0.734. The zero-order chi connectivity index (χ0) is 8.85. The Hall–Kier alpha value is -0.0400. The van der Waals surface area contributed by atoms with Gasteiger partial charge in [-0.15, -0.1) is 0 Å². The van der Waals surface area contributed by atoms with Gasteiger partial charge in [0.25, 0.3) is 0 Å². The van der Waals surface area contributed by atoms with Crippen molar-refractivity contribution in [2.24, 2.45) is 23.5 Å². The average Bonchev–Trinajstić information content (AvgIpc) is 1.87. The van der Waals surface area contributed by atoms with Crippen LogP contribution in [0.3, 0.4) is 0 Å². The van der Waals surface area contributed by atoms with Crippen LogP contribution >= 0.6 is 0 Å². The molecule has 0 amide bonds. The summed E-state index contributed by atoms with van der Waals surface area (Å²) in [6.45, 7) is 9.92. The van der Waals surface area contributed by atoms with Crippen LogP contribution in [0.15, 0.2) is 0 Å². The SMILES string of the molecule is CC(C)CCC(CN)C(C)C. The van der Waals surface area contributed by atoms with Crippen molar-refractivity contribution in [1.29, 1.82) is 0 Å². The van der Waals surface area contributed by atoms with Gasteiger partial charge in [0.05, 0.1) is 0 Å². The Bertz CT molecular complexity index is 86.9. The van der Waals surface area contributed by atoms with E-state index in [1.165, 1.54) is 12.8 Å². The summed E-state index contributed by atoms with van der Waals surface area (Å²) in [4.78, 5) is 0. The molecule has 0 aliphatic carbocycles.